The van der Waals surface area contributed by atoms with Crippen LogP contribution in [0.2, 0.25) is 0 Å². The smallest absolute Gasteiger partial charge is 0.151 e. The van der Waals surface area contributed by atoms with Crippen molar-refractivity contribution in [3.8, 4) is 11.3 Å². The summed E-state index contributed by atoms with van der Waals surface area (Å²) >= 11 is 0. The number of pyridine rings is 1. The molecule has 0 bridgehead atoms. The van der Waals surface area contributed by atoms with E-state index in [0.717, 1.165) is 36.6 Å². The number of anilines is 1. The van der Waals surface area contributed by atoms with Crippen molar-refractivity contribution >= 4 is 5.82 Å². The van der Waals surface area contributed by atoms with Gasteiger partial charge in [-0.05, 0) is 18.6 Å². The molecule has 2 aromatic rings. The minimum absolute atomic E-state index is 0.274. The average molecular weight is 229 g/mol. The Morgan fingerprint density at radius 2 is 2.18 bits per heavy atom. The Balaban J connectivity index is 1.84. The molecule has 5 heteroatoms. The van der Waals surface area contributed by atoms with E-state index in [0.29, 0.717) is 0 Å². The molecule has 1 atom stereocenters. The Bertz CT molecular complexity index is 493. The molecule has 1 aliphatic heterocycles. The number of rotatable bonds is 2. The van der Waals surface area contributed by atoms with Gasteiger partial charge in [0.15, 0.2) is 5.82 Å². The summed E-state index contributed by atoms with van der Waals surface area (Å²) in [7, 11) is 0. The zero-order chi connectivity index (χ0) is 11.7. The van der Waals surface area contributed by atoms with Crippen molar-refractivity contribution in [3.05, 3.63) is 30.6 Å². The lowest BCUT2D eigenvalue weighted by Gasteiger charge is -2.13. The highest BCUT2D eigenvalue weighted by atomic mass is 15.3. The third-order valence-electron chi connectivity index (χ3n) is 3.10. The summed E-state index contributed by atoms with van der Waals surface area (Å²) in [5, 5.41) is 7.39. The van der Waals surface area contributed by atoms with Crippen molar-refractivity contribution in [2.24, 2.45) is 5.73 Å². The van der Waals surface area contributed by atoms with Crippen molar-refractivity contribution in [2.45, 2.75) is 12.5 Å². The minimum atomic E-state index is 0.274. The molecule has 0 amide bonds. The molecule has 1 aliphatic rings. The molecule has 17 heavy (non-hydrogen) atoms. The van der Waals surface area contributed by atoms with Gasteiger partial charge in [0.1, 0.15) is 0 Å². The van der Waals surface area contributed by atoms with Crippen molar-refractivity contribution in [1.82, 2.24) is 15.2 Å². The number of nitrogens with two attached hydrogens (primary N) is 1. The first-order chi connectivity index (χ1) is 8.33. The van der Waals surface area contributed by atoms with E-state index in [2.05, 4.69) is 26.1 Å². The van der Waals surface area contributed by atoms with Crippen molar-refractivity contribution in [3.63, 3.8) is 0 Å². The molecule has 5 nitrogen and oxygen atoms in total. The normalized spacial score (nSPS) is 19.8. The van der Waals surface area contributed by atoms with Gasteiger partial charge in [0, 0.05) is 43.2 Å². The molecule has 0 radical (unpaired) electrons. The second-order valence-corrected chi connectivity index (χ2v) is 4.37. The lowest BCUT2D eigenvalue weighted by molar-refractivity contribution is 0.751. The van der Waals surface area contributed by atoms with E-state index in [-0.39, 0.29) is 6.04 Å². The van der Waals surface area contributed by atoms with Gasteiger partial charge in [-0.2, -0.15) is 5.10 Å². The van der Waals surface area contributed by atoms with Gasteiger partial charge in [0.05, 0.1) is 5.69 Å². The Morgan fingerprint density at radius 3 is 2.88 bits per heavy atom. The standard InChI is InChI=1S/C12H15N5/c13-10-3-6-17(8-10)12-7-11(15-16-12)9-1-4-14-5-2-9/h1-2,4-5,7,10H,3,6,8,13H2,(H,15,16)/t10-/m1/s1. The number of H-pyrrole nitrogens is 1. The van der Waals surface area contributed by atoms with Crippen LogP contribution in [0, 0.1) is 0 Å². The Hall–Kier alpha value is -1.88. The Labute approximate surface area is 99.7 Å². The molecule has 3 heterocycles. The van der Waals surface area contributed by atoms with E-state index in [1.807, 2.05) is 12.1 Å². The van der Waals surface area contributed by atoms with Crippen molar-refractivity contribution in [2.75, 3.05) is 18.0 Å². The summed E-state index contributed by atoms with van der Waals surface area (Å²) < 4.78 is 0. The molecule has 3 N–H and O–H groups in total. The number of nitrogens with one attached hydrogen (secondary N) is 1. The van der Waals surface area contributed by atoms with Crippen LogP contribution in [0.4, 0.5) is 5.82 Å². The highest BCUT2D eigenvalue weighted by Crippen LogP contribution is 2.23. The second kappa shape index (κ2) is 4.18. The van der Waals surface area contributed by atoms with Crippen molar-refractivity contribution < 1.29 is 0 Å². The topological polar surface area (TPSA) is 70.8 Å². The van der Waals surface area contributed by atoms with E-state index in [1.165, 1.54) is 0 Å². The van der Waals surface area contributed by atoms with E-state index in [1.54, 1.807) is 12.4 Å². The molecule has 0 spiro atoms. The van der Waals surface area contributed by atoms with Crippen molar-refractivity contribution in [1.29, 1.82) is 0 Å². The minimum Gasteiger partial charge on any atom is -0.354 e. The van der Waals surface area contributed by atoms with E-state index in [9.17, 15) is 0 Å². The van der Waals surface area contributed by atoms with Gasteiger partial charge in [-0.15, -0.1) is 0 Å². The maximum Gasteiger partial charge on any atom is 0.151 e. The molecular weight excluding hydrogens is 214 g/mol. The molecule has 3 rings (SSSR count). The van der Waals surface area contributed by atoms with E-state index < -0.39 is 0 Å². The Morgan fingerprint density at radius 1 is 1.35 bits per heavy atom. The molecule has 2 aromatic heterocycles. The summed E-state index contributed by atoms with van der Waals surface area (Å²) in [5.74, 6) is 0.977. The fourth-order valence-corrected chi connectivity index (χ4v) is 2.15. The predicted molar refractivity (Wildman–Crippen MR) is 66.6 cm³/mol. The van der Waals surface area contributed by atoms with E-state index >= 15 is 0 Å². The summed E-state index contributed by atoms with van der Waals surface area (Å²) in [6, 6.07) is 6.27. The third-order valence-corrected chi connectivity index (χ3v) is 3.10. The first-order valence-corrected chi connectivity index (χ1v) is 5.79. The number of aromatic amines is 1. The number of hydrogen-bond acceptors (Lipinski definition) is 4. The first kappa shape index (κ1) is 10.3. The van der Waals surface area contributed by atoms with Crippen LogP contribution in [-0.4, -0.2) is 34.3 Å². The van der Waals surface area contributed by atoms with Crippen LogP contribution < -0.4 is 10.6 Å². The fraction of sp³-hybridized carbons (Fsp3) is 0.333. The molecule has 0 saturated carbocycles. The zero-order valence-corrected chi connectivity index (χ0v) is 9.50. The largest absolute Gasteiger partial charge is 0.354 e. The third kappa shape index (κ3) is 2.01. The number of nitrogens with zero attached hydrogens (tertiary/aromatic N) is 3. The summed E-state index contributed by atoms with van der Waals surface area (Å²) in [6.45, 7) is 1.88. The summed E-state index contributed by atoms with van der Waals surface area (Å²) in [4.78, 5) is 6.22. The van der Waals surface area contributed by atoms with Crippen LogP contribution >= 0.6 is 0 Å². The molecule has 1 saturated heterocycles. The van der Waals surface area contributed by atoms with Crippen LogP contribution in [0.3, 0.4) is 0 Å². The first-order valence-electron chi connectivity index (χ1n) is 5.79. The molecule has 1 fully saturated rings. The van der Waals surface area contributed by atoms with E-state index in [4.69, 9.17) is 5.73 Å². The highest BCUT2D eigenvalue weighted by Gasteiger charge is 2.21. The molecule has 0 unspecified atom stereocenters. The van der Waals surface area contributed by atoms with Gasteiger partial charge in [-0.25, -0.2) is 0 Å². The summed E-state index contributed by atoms with van der Waals surface area (Å²) in [6.07, 6.45) is 4.60. The second-order valence-electron chi connectivity index (χ2n) is 4.37. The maximum atomic E-state index is 5.89. The van der Waals surface area contributed by atoms with Crippen LogP contribution in [0.1, 0.15) is 6.42 Å². The van der Waals surface area contributed by atoms with Crippen LogP contribution in [0.15, 0.2) is 30.6 Å². The maximum absolute atomic E-state index is 5.89. The lowest BCUT2D eigenvalue weighted by atomic mass is 10.2. The molecular formula is C12H15N5. The lowest BCUT2D eigenvalue weighted by Crippen LogP contribution is -2.26. The number of hydrogen-bond donors (Lipinski definition) is 2. The monoisotopic (exact) mass is 229 g/mol. The van der Waals surface area contributed by atoms with Gasteiger partial charge in [-0.3, -0.25) is 10.1 Å². The zero-order valence-electron chi connectivity index (χ0n) is 9.50. The van der Waals surface area contributed by atoms with Gasteiger partial charge in [0.25, 0.3) is 0 Å². The Kier molecular flexibility index (Phi) is 2.53. The summed E-state index contributed by atoms with van der Waals surface area (Å²) in [5.41, 5.74) is 8.01. The van der Waals surface area contributed by atoms with Gasteiger partial charge in [0.2, 0.25) is 0 Å². The quantitative estimate of drug-likeness (QED) is 0.806. The highest BCUT2D eigenvalue weighted by molar-refractivity contribution is 5.62. The van der Waals surface area contributed by atoms with Crippen LogP contribution in [-0.2, 0) is 0 Å². The SMILES string of the molecule is N[C@@H]1CCN(c2cc(-c3ccncc3)[nH]n2)C1. The van der Waals surface area contributed by atoms with Gasteiger partial charge < -0.3 is 10.6 Å². The van der Waals surface area contributed by atoms with Gasteiger partial charge in [-0.1, -0.05) is 0 Å². The molecule has 88 valence electrons. The van der Waals surface area contributed by atoms with Crippen LogP contribution in [0.5, 0.6) is 0 Å². The molecule has 0 aromatic carbocycles. The van der Waals surface area contributed by atoms with Crippen LogP contribution in [0.25, 0.3) is 11.3 Å². The predicted octanol–water partition coefficient (Wildman–Crippen LogP) is 1.01. The van der Waals surface area contributed by atoms with Gasteiger partial charge >= 0.3 is 0 Å². The average Bonchev–Trinajstić information content (AvgIpc) is 2.98. The molecule has 0 aliphatic carbocycles. The number of aromatic nitrogens is 3. The fourth-order valence-electron chi connectivity index (χ4n) is 2.15.